The summed E-state index contributed by atoms with van der Waals surface area (Å²) in [7, 11) is 0. The summed E-state index contributed by atoms with van der Waals surface area (Å²) in [4.78, 5) is 28.5. The molecule has 6 nitrogen and oxygen atoms in total. The summed E-state index contributed by atoms with van der Waals surface area (Å²) in [5.41, 5.74) is 1.03. The van der Waals surface area contributed by atoms with E-state index in [2.05, 4.69) is 29.5 Å². The Hall–Kier alpha value is -1.95. The lowest BCUT2D eigenvalue weighted by molar-refractivity contribution is -0.143. The molecule has 1 aromatic heterocycles. The fourth-order valence-electron chi connectivity index (χ4n) is 5.81. The van der Waals surface area contributed by atoms with Crippen molar-refractivity contribution in [3.63, 3.8) is 0 Å². The molecule has 1 heterocycles. The molecule has 2 aliphatic rings. The van der Waals surface area contributed by atoms with Crippen LogP contribution in [0.25, 0.3) is 0 Å². The SMILES string of the molecule is CC(=O)NC1CCC2(C)CCC(C(C)C(=O)NCc3cccnc3)C(O)C2C1C. The van der Waals surface area contributed by atoms with Crippen molar-refractivity contribution < 1.29 is 14.7 Å². The third kappa shape index (κ3) is 4.63. The molecular weight excluding hydrogens is 366 g/mol. The van der Waals surface area contributed by atoms with E-state index < -0.39 is 6.10 Å². The molecule has 3 N–H and O–H groups in total. The van der Waals surface area contributed by atoms with Crippen molar-refractivity contribution in [2.75, 3.05) is 0 Å². The van der Waals surface area contributed by atoms with Gasteiger partial charge in [-0.05, 0) is 60.5 Å². The number of rotatable bonds is 5. The van der Waals surface area contributed by atoms with Crippen LogP contribution in [0.4, 0.5) is 0 Å². The number of pyridine rings is 1. The minimum atomic E-state index is -0.542. The van der Waals surface area contributed by atoms with Gasteiger partial charge < -0.3 is 15.7 Å². The number of nitrogens with zero attached hydrogens (tertiary/aromatic N) is 1. The summed E-state index contributed by atoms with van der Waals surface area (Å²) in [6, 6.07) is 3.88. The van der Waals surface area contributed by atoms with Gasteiger partial charge in [-0.2, -0.15) is 0 Å². The van der Waals surface area contributed by atoms with Gasteiger partial charge >= 0.3 is 0 Å². The van der Waals surface area contributed by atoms with E-state index in [1.54, 1.807) is 19.3 Å². The summed E-state index contributed by atoms with van der Waals surface area (Å²) in [6.45, 7) is 8.33. The van der Waals surface area contributed by atoms with Gasteiger partial charge in [0.1, 0.15) is 0 Å². The Morgan fingerprint density at radius 1 is 1.34 bits per heavy atom. The van der Waals surface area contributed by atoms with Gasteiger partial charge in [-0.15, -0.1) is 0 Å². The largest absolute Gasteiger partial charge is 0.392 e. The maximum atomic E-state index is 12.8. The van der Waals surface area contributed by atoms with E-state index in [0.29, 0.717) is 6.54 Å². The van der Waals surface area contributed by atoms with Gasteiger partial charge in [0, 0.05) is 37.8 Å². The molecule has 0 aromatic carbocycles. The predicted octanol–water partition coefficient (Wildman–Crippen LogP) is 2.66. The van der Waals surface area contributed by atoms with Crippen molar-refractivity contribution in [2.24, 2.45) is 29.1 Å². The minimum Gasteiger partial charge on any atom is -0.392 e. The lowest BCUT2D eigenvalue weighted by Gasteiger charge is -2.56. The number of carbonyl (C=O) groups excluding carboxylic acids is 2. The fourth-order valence-corrected chi connectivity index (χ4v) is 5.81. The van der Waals surface area contributed by atoms with Crippen molar-refractivity contribution in [3.05, 3.63) is 30.1 Å². The van der Waals surface area contributed by atoms with Crippen LogP contribution in [0.3, 0.4) is 0 Å². The zero-order chi connectivity index (χ0) is 21.2. The van der Waals surface area contributed by atoms with Crippen LogP contribution < -0.4 is 10.6 Å². The Bertz CT molecular complexity index is 725. The Morgan fingerprint density at radius 2 is 2.07 bits per heavy atom. The first-order chi connectivity index (χ1) is 13.7. The molecule has 0 aliphatic heterocycles. The van der Waals surface area contributed by atoms with Gasteiger partial charge in [-0.3, -0.25) is 14.6 Å². The molecule has 0 radical (unpaired) electrons. The number of carbonyl (C=O) groups is 2. The molecule has 0 saturated heterocycles. The highest BCUT2D eigenvalue weighted by atomic mass is 16.3. The van der Waals surface area contributed by atoms with Crippen LogP contribution in [0.2, 0.25) is 0 Å². The molecule has 160 valence electrons. The summed E-state index contributed by atoms with van der Waals surface area (Å²) < 4.78 is 0. The smallest absolute Gasteiger partial charge is 0.223 e. The Kier molecular flexibility index (Phi) is 6.62. The monoisotopic (exact) mass is 401 g/mol. The van der Waals surface area contributed by atoms with Crippen molar-refractivity contribution in [1.82, 2.24) is 15.6 Å². The molecule has 3 rings (SSSR count). The van der Waals surface area contributed by atoms with Crippen LogP contribution in [0.5, 0.6) is 0 Å². The number of hydrogen-bond donors (Lipinski definition) is 3. The number of fused-ring (bicyclic) bond motifs is 1. The maximum absolute atomic E-state index is 12.8. The molecule has 2 aliphatic carbocycles. The van der Waals surface area contributed by atoms with Gasteiger partial charge in [0.2, 0.25) is 11.8 Å². The standard InChI is InChI=1S/C23H35N3O3/c1-14(22(29)25-13-17-6-5-11-24-12-17)18-7-9-23(4)10-8-19(26-16(3)27)15(2)20(23)21(18)28/h5-6,11-12,14-15,18-21,28H,7-10,13H2,1-4H3,(H,25,29)(H,26,27). The minimum absolute atomic E-state index is 0.0181. The van der Waals surface area contributed by atoms with Crippen molar-refractivity contribution in [1.29, 1.82) is 0 Å². The van der Waals surface area contributed by atoms with Crippen molar-refractivity contribution in [3.8, 4) is 0 Å². The molecular formula is C23H35N3O3. The van der Waals surface area contributed by atoms with Gasteiger partial charge in [-0.1, -0.05) is 26.8 Å². The number of hydrogen-bond acceptors (Lipinski definition) is 4. The summed E-state index contributed by atoms with van der Waals surface area (Å²) >= 11 is 0. The van der Waals surface area contributed by atoms with Crippen LogP contribution in [-0.2, 0) is 16.1 Å². The molecule has 0 bridgehead atoms. The molecule has 0 spiro atoms. The second-order valence-corrected chi connectivity index (χ2v) is 9.45. The molecule has 2 saturated carbocycles. The molecule has 2 amide bonds. The van der Waals surface area contributed by atoms with Gasteiger partial charge in [0.15, 0.2) is 0 Å². The topological polar surface area (TPSA) is 91.3 Å². The summed E-state index contributed by atoms with van der Waals surface area (Å²) in [5.74, 6) is -0.111. The first kappa shape index (κ1) is 21.8. The molecule has 7 atom stereocenters. The highest BCUT2D eigenvalue weighted by Gasteiger charge is 2.53. The van der Waals surface area contributed by atoms with Crippen molar-refractivity contribution >= 4 is 11.8 Å². The molecule has 29 heavy (non-hydrogen) atoms. The highest BCUT2D eigenvalue weighted by Crippen LogP contribution is 2.55. The van der Waals surface area contributed by atoms with Crippen LogP contribution >= 0.6 is 0 Å². The molecule has 2 fully saturated rings. The predicted molar refractivity (Wildman–Crippen MR) is 112 cm³/mol. The Balaban J connectivity index is 1.67. The average molecular weight is 402 g/mol. The summed E-state index contributed by atoms with van der Waals surface area (Å²) in [5, 5.41) is 17.4. The van der Waals surface area contributed by atoms with Crippen LogP contribution in [-0.4, -0.2) is 34.1 Å². The Labute approximate surface area is 173 Å². The van der Waals surface area contributed by atoms with Crippen molar-refractivity contribution in [2.45, 2.75) is 72.1 Å². The maximum Gasteiger partial charge on any atom is 0.223 e. The van der Waals surface area contributed by atoms with E-state index in [9.17, 15) is 14.7 Å². The van der Waals surface area contributed by atoms with E-state index >= 15 is 0 Å². The number of aliphatic hydroxyl groups excluding tert-OH is 1. The normalized spacial score (nSPS) is 35.3. The average Bonchev–Trinajstić information content (AvgIpc) is 2.68. The number of amides is 2. The zero-order valence-electron chi connectivity index (χ0n) is 18.0. The van der Waals surface area contributed by atoms with E-state index in [-0.39, 0.29) is 46.9 Å². The van der Waals surface area contributed by atoms with Crippen LogP contribution in [0.1, 0.15) is 58.9 Å². The molecule has 6 heteroatoms. The lowest BCUT2D eigenvalue weighted by atomic mass is 9.51. The first-order valence-corrected chi connectivity index (χ1v) is 10.8. The highest BCUT2D eigenvalue weighted by molar-refractivity contribution is 5.78. The number of nitrogens with one attached hydrogen (secondary N) is 2. The van der Waals surface area contributed by atoms with E-state index in [1.807, 2.05) is 19.1 Å². The fraction of sp³-hybridized carbons (Fsp3) is 0.696. The van der Waals surface area contributed by atoms with E-state index in [1.165, 1.54) is 0 Å². The van der Waals surface area contributed by atoms with Gasteiger partial charge in [0.05, 0.1) is 6.10 Å². The van der Waals surface area contributed by atoms with E-state index in [0.717, 1.165) is 31.2 Å². The summed E-state index contributed by atoms with van der Waals surface area (Å²) in [6.07, 6.45) is 6.73. The number of aromatic nitrogens is 1. The van der Waals surface area contributed by atoms with Gasteiger partial charge in [-0.25, -0.2) is 0 Å². The van der Waals surface area contributed by atoms with Crippen LogP contribution in [0, 0.1) is 29.1 Å². The molecule has 7 unspecified atom stereocenters. The lowest BCUT2D eigenvalue weighted by Crippen LogP contribution is -2.58. The Morgan fingerprint density at radius 3 is 2.72 bits per heavy atom. The van der Waals surface area contributed by atoms with E-state index in [4.69, 9.17) is 0 Å². The third-order valence-electron chi connectivity index (χ3n) is 7.52. The zero-order valence-corrected chi connectivity index (χ0v) is 18.0. The second kappa shape index (κ2) is 8.82. The number of aliphatic hydroxyl groups is 1. The quantitative estimate of drug-likeness (QED) is 0.707. The second-order valence-electron chi connectivity index (χ2n) is 9.45. The third-order valence-corrected chi connectivity index (χ3v) is 7.52. The van der Waals surface area contributed by atoms with Gasteiger partial charge in [0.25, 0.3) is 0 Å². The van der Waals surface area contributed by atoms with Crippen LogP contribution in [0.15, 0.2) is 24.5 Å². The molecule has 1 aromatic rings. The first-order valence-electron chi connectivity index (χ1n) is 10.8.